The zero-order chi connectivity index (χ0) is 20.4. The fourth-order valence-corrected chi connectivity index (χ4v) is 1.69. The van der Waals surface area contributed by atoms with Crippen LogP contribution in [0.3, 0.4) is 0 Å². The van der Waals surface area contributed by atoms with Crippen molar-refractivity contribution in [3.8, 4) is 6.07 Å². The molecule has 0 aromatic carbocycles. The quantitative estimate of drug-likeness (QED) is 0.142. The number of esters is 1. The Morgan fingerprint density at radius 1 is 1.30 bits per heavy atom. The number of hydrogen-bond donors (Lipinski definition) is 0. The Labute approximate surface area is 152 Å². The largest absolute Gasteiger partial charge is 1.00 e. The number of carbonyl (C=O) groups excluding carboxylic acids is 1. The molecular weight excluding hydrogens is 409 g/mol. The molecule has 1 aliphatic rings. The molecule has 0 bridgehead atoms. The van der Waals surface area contributed by atoms with E-state index in [4.69, 9.17) is 19.6 Å². The molecule has 1 unspecified atom stereocenters. The standard InChI is InChI=1S/C12H20N4O4.F5P.FH/c1-4-19-11(17)10(9-13)14-20-12(15(2)3)16-5-7-18-8-6-16;1-6(2,3,4)5;/h12H,4-8H2,1-3H3;;1H/p-1. The van der Waals surface area contributed by atoms with Gasteiger partial charge in [-0.25, -0.2) is 9.69 Å². The van der Waals surface area contributed by atoms with E-state index in [0.717, 1.165) is 0 Å². The van der Waals surface area contributed by atoms with Crippen LogP contribution in [0.2, 0.25) is 0 Å². The molecule has 15 heteroatoms. The van der Waals surface area contributed by atoms with Gasteiger partial charge in [-0.15, -0.1) is 0 Å². The third kappa shape index (κ3) is 15.1. The summed E-state index contributed by atoms with van der Waals surface area (Å²) in [7, 11) is -4.90. The number of rotatable bonds is 6. The second-order valence-electron chi connectivity index (χ2n) is 4.95. The van der Waals surface area contributed by atoms with E-state index < -0.39 is 26.2 Å². The van der Waals surface area contributed by atoms with E-state index in [1.54, 1.807) is 17.9 Å². The minimum absolute atomic E-state index is 0. The summed E-state index contributed by atoms with van der Waals surface area (Å²) in [5.74, 6) is -0.783. The first-order valence-electron chi connectivity index (χ1n) is 7.24. The fourth-order valence-electron chi connectivity index (χ4n) is 1.69. The van der Waals surface area contributed by atoms with Gasteiger partial charge in [-0.1, -0.05) is 5.16 Å². The minimum atomic E-state index is -8.55. The molecule has 0 spiro atoms. The molecule has 0 aliphatic carbocycles. The molecule has 0 aromatic rings. The molecule has 1 saturated heterocycles. The number of ether oxygens (including phenoxy) is 2. The molecule has 0 aromatic heterocycles. The number of oxime groups is 1. The van der Waals surface area contributed by atoms with E-state index >= 15 is 0 Å². The van der Waals surface area contributed by atoms with Gasteiger partial charge in [0.25, 0.3) is 5.71 Å². The topological polar surface area (TPSA) is 87.4 Å². The summed E-state index contributed by atoms with van der Waals surface area (Å²) in [4.78, 5) is 20.6. The first-order chi connectivity index (χ1) is 11.8. The van der Waals surface area contributed by atoms with Crippen LogP contribution in [0.15, 0.2) is 5.16 Å². The summed E-state index contributed by atoms with van der Waals surface area (Å²) >= 11 is 0. The van der Waals surface area contributed by atoms with Gasteiger partial charge >= 0.3 is 35.1 Å². The number of morpholine rings is 1. The van der Waals surface area contributed by atoms with Gasteiger partial charge in [0.2, 0.25) is 6.35 Å². The normalized spacial score (nSPS) is 17.9. The fraction of sp³-hybridized carbons (Fsp3) is 0.750. The van der Waals surface area contributed by atoms with Crippen molar-refractivity contribution in [2.45, 2.75) is 13.3 Å². The van der Waals surface area contributed by atoms with Crippen molar-refractivity contribution in [3.63, 3.8) is 0 Å². The zero-order valence-electron chi connectivity index (χ0n) is 14.7. The summed E-state index contributed by atoms with van der Waals surface area (Å²) < 4.78 is 59.2. The average Bonchev–Trinajstić information content (AvgIpc) is 2.50. The van der Waals surface area contributed by atoms with Crippen LogP contribution >= 0.6 is 8.16 Å². The third-order valence-corrected chi connectivity index (χ3v) is 2.61. The third-order valence-electron chi connectivity index (χ3n) is 2.61. The van der Waals surface area contributed by atoms with Crippen LogP contribution in [0.25, 0.3) is 0 Å². The molecule has 0 amide bonds. The van der Waals surface area contributed by atoms with Crippen LogP contribution in [-0.4, -0.2) is 74.8 Å². The Balaban J connectivity index is 0. The van der Waals surface area contributed by atoms with E-state index in [0.29, 0.717) is 26.3 Å². The average molecular weight is 429 g/mol. The summed E-state index contributed by atoms with van der Waals surface area (Å²) in [5.41, 5.74) is -0.396. The van der Waals surface area contributed by atoms with E-state index in [1.807, 2.05) is 19.0 Å². The van der Waals surface area contributed by atoms with E-state index in [1.165, 1.54) is 0 Å². The summed E-state index contributed by atoms with van der Waals surface area (Å²) in [5, 5.41) is 12.5. The van der Waals surface area contributed by atoms with Gasteiger partial charge in [0.05, 0.1) is 19.8 Å². The molecule has 1 rings (SSSR count). The summed E-state index contributed by atoms with van der Waals surface area (Å²) in [6.07, 6.45) is -0.461. The SMILES string of the molecule is CCOC(=O)C(C#N)=NOC(N(C)C)N1CCOCC1.FP(F)(F)(F)F.[F-]. The van der Waals surface area contributed by atoms with Gasteiger partial charge < -0.3 is 19.0 Å². The smallest absolute Gasteiger partial charge is 1.00 e. The van der Waals surface area contributed by atoms with Crippen LogP contribution in [0.5, 0.6) is 0 Å². The van der Waals surface area contributed by atoms with Crippen LogP contribution in [-0.2, 0) is 19.1 Å². The van der Waals surface area contributed by atoms with Gasteiger partial charge in [-0.05, 0) is 21.0 Å². The Bertz CT molecular complexity index is 515. The van der Waals surface area contributed by atoms with Crippen LogP contribution in [0.4, 0.5) is 21.0 Å². The first kappa shape index (κ1) is 27.5. The molecule has 8 nitrogen and oxygen atoms in total. The molecule has 0 N–H and O–H groups in total. The van der Waals surface area contributed by atoms with Gasteiger partial charge in [-0.2, -0.15) is 5.26 Å². The van der Waals surface area contributed by atoms with Gasteiger partial charge in [0.15, 0.2) is 0 Å². The van der Waals surface area contributed by atoms with Crippen molar-refractivity contribution in [1.82, 2.24) is 9.80 Å². The van der Waals surface area contributed by atoms with Crippen LogP contribution in [0, 0.1) is 11.3 Å². The molecular formula is C12H20F6N4O4P-. The van der Waals surface area contributed by atoms with Gasteiger partial charge in [0, 0.05) is 13.1 Å². The van der Waals surface area contributed by atoms with Crippen molar-refractivity contribution in [3.05, 3.63) is 0 Å². The molecule has 0 saturated carbocycles. The number of nitriles is 1. The predicted octanol–water partition coefficient (Wildman–Crippen LogP) is -0.411. The monoisotopic (exact) mass is 429 g/mol. The van der Waals surface area contributed by atoms with Crippen molar-refractivity contribution < 1.29 is 44.8 Å². The van der Waals surface area contributed by atoms with Gasteiger partial charge in [-0.3, -0.25) is 4.90 Å². The Hall–Kier alpha value is -1.68. The molecule has 1 fully saturated rings. The maximum absolute atomic E-state index is 11.4. The first-order valence-corrected chi connectivity index (χ1v) is 8.93. The van der Waals surface area contributed by atoms with E-state index in [9.17, 15) is 25.8 Å². The molecule has 0 radical (unpaired) electrons. The van der Waals surface area contributed by atoms with Crippen LogP contribution in [0.1, 0.15) is 6.92 Å². The van der Waals surface area contributed by atoms with Crippen molar-refractivity contribution in [1.29, 1.82) is 5.26 Å². The zero-order valence-corrected chi connectivity index (χ0v) is 15.6. The van der Waals surface area contributed by atoms with Crippen molar-refractivity contribution >= 4 is 19.8 Å². The number of hydrogen-bond acceptors (Lipinski definition) is 8. The maximum Gasteiger partial charge on any atom is -1.00 e. The summed E-state index contributed by atoms with van der Waals surface area (Å²) in [6.45, 7) is 4.45. The van der Waals surface area contributed by atoms with Gasteiger partial charge in [0.1, 0.15) is 6.07 Å². The Morgan fingerprint density at radius 3 is 2.15 bits per heavy atom. The van der Waals surface area contributed by atoms with E-state index in [-0.39, 0.29) is 11.3 Å². The summed E-state index contributed by atoms with van der Waals surface area (Å²) in [6, 6.07) is 1.67. The molecule has 27 heavy (non-hydrogen) atoms. The van der Waals surface area contributed by atoms with Crippen LogP contribution < -0.4 is 4.70 Å². The van der Waals surface area contributed by atoms with Crippen molar-refractivity contribution in [2.24, 2.45) is 5.16 Å². The maximum atomic E-state index is 11.4. The number of halogens is 6. The molecule has 1 aliphatic heterocycles. The molecule has 1 heterocycles. The predicted molar refractivity (Wildman–Crippen MR) is 83.1 cm³/mol. The van der Waals surface area contributed by atoms with E-state index in [2.05, 4.69) is 5.16 Å². The molecule has 1 atom stereocenters. The molecule has 160 valence electrons. The Kier molecular flexibility index (Phi) is 12.2. The van der Waals surface area contributed by atoms with Crippen molar-refractivity contribution in [2.75, 3.05) is 47.0 Å². The number of carbonyl (C=O) groups is 1. The Morgan fingerprint density at radius 2 is 1.78 bits per heavy atom. The number of nitrogens with zero attached hydrogens (tertiary/aromatic N) is 4. The second-order valence-corrected chi connectivity index (χ2v) is 6.23. The minimum Gasteiger partial charge on any atom is -1.00 e. The second kappa shape index (κ2) is 11.9.